The molecular formula is C14H20Cl2SiTi. The first kappa shape index (κ1) is 20.8. The average Bonchev–Trinajstić information content (AvgIpc) is 2.76. The van der Waals surface area contributed by atoms with Gasteiger partial charge in [0.15, 0.2) is 0 Å². The minimum Gasteiger partial charge on any atom is -0.273 e. The molecule has 0 aromatic rings. The zero-order valence-corrected chi connectivity index (χ0v) is 15.6. The molecule has 0 aliphatic heterocycles. The van der Waals surface area contributed by atoms with E-state index < -0.39 is 6.69 Å². The second-order valence-corrected chi connectivity index (χ2v) is 13.2. The standard InChI is InChI=1S/2C6H7.C2H6Cl2Si.Ti/c2*1-6-4-2-3-5-6;1-5(2,3)4;/h2*4-5H,2H2,1H3;1-2H3;/q2*-1;;+2. The average molecular weight is 335 g/mol. The molecule has 0 aromatic carbocycles. The molecule has 98 valence electrons. The first-order valence-electron chi connectivity index (χ1n) is 5.63. The summed E-state index contributed by atoms with van der Waals surface area (Å²) in [5.74, 6) is 0. The van der Waals surface area contributed by atoms with Gasteiger partial charge in [-0.15, -0.1) is 48.8 Å². The summed E-state index contributed by atoms with van der Waals surface area (Å²) in [5.41, 5.74) is 2.69. The van der Waals surface area contributed by atoms with Crippen LogP contribution in [0.5, 0.6) is 0 Å². The van der Waals surface area contributed by atoms with Crippen molar-refractivity contribution in [2.24, 2.45) is 0 Å². The monoisotopic (exact) mass is 334 g/mol. The molecular weight excluding hydrogens is 315 g/mol. The van der Waals surface area contributed by atoms with Gasteiger partial charge >= 0.3 is 21.7 Å². The SMILES string of the molecule is CC1=CC[C-]=C1.CC1=CC[C-]=C1.C[Si](C)(Cl)Cl.[Ti+2]. The third-order valence-electron chi connectivity index (χ3n) is 1.74. The second kappa shape index (κ2) is 11.3. The molecule has 0 saturated carbocycles. The minimum absolute atomic E-state index is 0. The Balaban J connectivity index is 0. The van der Waals surface area contributed by atoms with Crippen LogP contribution in [0.3, 0.4) is 0 Å². The molecule has 0 unspecified atom stereocenters. The number of allylic oxidation sites excluding steroid dienone is 8. The van der Waals surface area contributed by atoms with Crippen molar-refractivity contribution < 1.29 is 21.7 Å². The molecule has 0 aromatic heterocycles. The molecule has 0 heterocycles. The van der Waals surface area contributed by atoms with E-state index in [-0.39, 0.29) is 21.7 Å². The summed E-state index contributed by atoms with van der Waals surface area (Å²) in [7, 11) is 0. The van der Waals surface area contributed by atoms with Crippen LogP contribution >= 0.6 is 22.2 Å². The molecule has 0 atom stereocenters. The maximum atomic E-state index is 5.43. The van der Waals surface area contributed by atoms with Gasteiger partial charge in [0.2, 0.25) is 6.69 Å². The van der Waals surface area contributed by atoms with Crippen LogP contribution in [0, 0.1) is 12.2 Å². The van der Waals surface area contributed by atoms with Gasteiger partial charge in [-0.05, 0) is 13.1 Å². The topological polar surface area (TPSA) is 0 Å². The Hall–Kier alpha value is 0.471. The fourth-order valence-corrected chi connectivity index (χ4v) is 0.998. The van der Waals surface area contributed by atoms with Crippen LogP contribution in [0.2, 0.25) is 13.1 Å². The Morgan fingerprint density at radius 1 is 0.944 bits per heavy atom. The number of halogens is 2. The number of rotatable bonds is 0. The van der Waals surface area contributed by atoms with Gasteiger partial charge in [-0.2, -0.15) is 12.2 Å². The van der Waals surface area contributed by atoms with Crippen molar-refractivity contribution in [1.29, 1.82) is 0 Å². The van der Waals surface area contributed by atoms with E-state index >= 15 is 0 Å². The molecule has 2 rings (SSSR count). The van der Waals surface area contributed by atoms with Gasteiger partial charge < -0.3 is 0 Å². The van der Waals surface area contributed by atoms with Crippen molar-refractivity contribution in [1.82, 2.24) is 0 Å². The van der Waals surface area contributed by atoms with Crippen LogP contribution in [0.25, 0.3) is 0 Å². The summed E-state index contributed by atoms with van der Waals surface area (Å²) in [6.45, 7) is 6.21. The Morgan fingerprint density at radius 2 is 1.22 bits per heavy atom. The molecule has 0 amide bonds. The van der Waals surface area contributed by atoms with E-state index in [0.717, 1.165) is 12.8 Å². The van der Waals surface area contributed by atoms with Crippen LogP contribution in [0.4, 0.5) is 0 Å². The minimum atomic E-state index is -1.67. The Labute approximate surface area is 137 Å². The zero-order valence-electron chi connectivity index (χ0n) is 11.5. The van der Waals surface area contributed by atoms with Crippen LogP contribution < -0.4 is 0 Å². The maximum absolute atomic E-state index is 5.43. The normalized spacial score (nSPS) is 15.7. The van der Waals surface area contributed by atoms with Crippen LogP contribution in [-0.4, -0.2) is 6.69 Å². The van der Waals surface area contributed by atoms with Gasteiger partial charge in [0, 0.05) is 0 Å². The smallest absolute Gasteiger partial charge is 0.273 e. The second-order valence-electron chi connectivity index (χ2n) is 4.33. The first-order chi connectivity index (χ1) is 7.79. The summed E-state index contributed by atoms with van der Waals surface area (Å²) in [6, 6.07) is 0. The van der Waals surface area contributed by atoms with E-state index in [4.69, 9.17) is 22.2 Å². The van der Waals surface area contributed by atoms with E-state index in [1.54, 1.807) is 0 Å². The Kier molecular flexibility index (Phi) is 13.1. The predicted octanol–water partition coefficient (Wildman–Crippen LogP) is 5.55. The largest absolute Gasteiger partial charge is 2.00 e. The van der Waals surface area contributed by atoms with Crippen molar-refractivity contribution in [2.45, 2.75) is 39.8 Å². The molecule has 0 saturated heterocycles. The van der Waals surface area contributed by atoms with Crippen molar-refractivity contribution >= 4 is 28.9 Å². The van der Waals surface area contributed by atoms with Gasteiger partial charge in [0.25, 0.3) is 0 Å². The summed E-state index contributed by atoms with van der Waals surface area (Å²) in [6.07, 6.45) is 16.5. The van der Waals surface area contributed by atoms with Gasteiger partial charge in [0.1, 0.15) is 0 Å². The maximum Gasteiger partial charge on any atom is 2.00 e. The third-order valence-corrected chi connectivity index (χ3v) is 1.74. The van der Waals surface area contributed by atoms with Crippen LogP contribution in [0.15, 0.2) is 35.5 Å². The van der Waals surface area contributed by atoms with Gasteiger partial charge in [0.05, 0.1) is 0 Å². The van der Waals surface area contributed by atoms with E-state index in [1.807, 2.05) is 25.2 Å². The van der Waals surface area contributed by atoms with E-state index in [9.17, 15) is 0 Å². The van der Waals surface area contributed by atoms with Crippen LogP contribution in [-0.2, 0) is 21.7 Å². The molecule has 2 aliphatic rings. The van der Waals surface area contributed by atoms with Crippen LogP contribution in [0.1, 0.15) is 26.7 Å². The Bertz CT molecular complexity index is 297. The molecule has 0 radical (unpaired) electrons. The molecule has 0 fully saturated rings. The molecule has 0 bridgehead atoms. The van der Waals surface area contributed by atoms with Gasteiger partial charge in [-0.1, -0.05) is 0 Å². The predicted molar refractivity (Wildman–Crippen MR) is 81.6 cm³/mol. The molecule has 4 heteroatoms. The van der Waals surface area contributed by atoms with Crippen molar-refractivity contribution in [3.05, 3.63) is 47.6 Å². The number of hydrogen-bond acceptors (Lipinski definition) is 0. The summed E-state index contributed by atoms with van der Waals surface area (Å²) in [4.78, 5) is 0. The molecule has 0 spiro atoms. The van der Waals surface area contributed by atoms with Gasteiger partial charge in [-0.3, -0.25) is 12.2 Å². The van der Waals surface area contributed by atoms with E-state index in [2.05, 4.69) is 38.2 Å². The summed E-state index contributed by atoms with van der Waals surface area (Å²) in [5, 5.41) is 0. The fourth-order valence-electron chi connectivity index (χ4n) is 0.998. The van der Waals surface area contributed by atoms with Crippen molar-refractivity contribution in [3.63, 3.8) is 0 Å². The molecule has 18 heavy (non-hydrogen) atoms. The molecule has 2 aliphatic carbocycles. The molecule has 0 N–H and O–H groups in total. The quantitative estimate of drug-likeness (QED) is 0.309. The third kappa shape index (κ3) is 18.8. The van der Waals surface area contributed by atoms with Crippen molar-refractivity contribution in [2.75, 3.05) is 0 Å². The number of hydrogen-bond donors (Lipinski definition) is 0. The summed E-state index contributed by atoms with van der Waals surface area (Å²) >= 11 is 10.9. The van der Waals surface area contributed by atoms with Gasteiger partial charge in [-0.25, -0.2) is 23.3 Å². The zero-order chi connectivity index (χ0) is 13.3. The van der Waals surface area contributed by atoms with E-state index in [0.29, 0.717) is 0 Å². The summed E-state index contributed by atoms with van der Waals surface area (Å²) < 4.78 is 0. The molecule has 0 nitrogen and oxygen atoms in total. The Morgan fingerprint density at radius 3 is 1.28 bits per heavy atom. The van der Waals surface area contributed by atoms with Crippen molar-refractivity contribution in [3.8, 4) is 0 Å². The van der Waals surface area contributed by atoms with E-state index in [1.165, 1.54) is 11.1 Å². The fraction of sp³-hybridized carbons (Fsp3) is 0.429. The first-order valence-corrected chi connectivity index (χ1v) is 10.7.